The van der Waals surface area contributed by atoms with Crippen molar-refractivity contribution in [2.24, 2.45) is 0 Å². The van der Waals surface area contributed by atoms with Gasteiger partial charge in [0.25, 0.3) is 5.91 Å². The van der Waals surface area contributed by atoms with Gasteiger partial charge in [0.2, 0.25) is 0 Å². The van der Waals surface area contributed by atoms with Crippen molar-refractivity contribution in [1.82, 2.24) is 9.80 Å². The van der Waals surface area contributed by atoms with Crippen LogP contribution in [0.5, 0.6) is 5.75 Å². The Balaban J connectivity index is 1.52. The SMILES string of the molecule is CCN(CC)C(=O)c1ccc(N(c2cccc(O)c2)C2CCN(Cc3ccc(C)cc3)CC2)cc1. The number of phenols is 1. The molecule has 1 N–H and O–H groups in total. The molecule has 1 fully saturated rings. The first-order valence-electron chi connectivity index (χ1n) is 12.7. The van der Waals surface area contributed by atoms with E-state index in [0.717, 1.165) is 43.9 Å². The molecule has 1 aliphatic heterocycles. The number of amides is 1. The summed E-state index contributed by atoms with van der Waals surface area (Å²) in [6, 6.07) is 24.5. The summed E-state index contributed by atoms with van der Waals surface area (Å²) in [5.41, 5.74) is 5.38. The number of nitrogens with zero attached hydrogens (tertiary/aromatic N) is 3. The minimum atomic E-state index is 0.0647. The summed E-state index contributed by atoms with van der Waals surface area (Å²) in [7, 11) is 0. The van der Waals surface area contributed by atoms with E-state index in [9.17, 15) is 9.90 Å². The Morgan fingerprint density at radius 1 is 0.914 bits per heavy atom. The molecule has 1 heterocycles. The Hall–Kier alpha value is -3.31. The van der Waals surface area contributed by atoms with E-state index in [-0.39, 0.29) is 11.7 Å². The van der Waals surface area contributed by atoms with Gasteiger partial charge < -0.3 is 14.9 Å². The van der Waals surface area contributed by atoms with Gasteiger partial charge in [0, 0.05) is 61.8 Å². The van der Waals surface area contributed by atoms with Gasteiger partial charge in [-0.25, -0.2) is 0 Å². The highest BCUT2D eigenvalue weighted by atomic mass is 16.3. The number of anilines is 2. The predicted octanol–water partition coefficient (Wildman–Crippen LogP) is 5.99. The maximum Gasteiger partial charge on any atom is 0.253 e. The maximum atomic E-state index is 12.8. The van der Waals surface area contributed by atoms with Crippen LogP contribution in [-0.4, -0.2) is 53.0 Å². The first-order chi connectivity index (χ1) is 17.0. The Morgan fingerprint density at radius 2 is 1.57 bits per heavy atom. The van der Waals surface area contributed by atoms with E-state index >= 15 is 0 Å². The fourth-order valence-electron chi connectivity index (χ4n) is 4.96. The topological polar surface area (TPSA) is 47.0 Å². The molecule has 35 heavy (non-hydrogen) atoms. The summed E-state index contributed by atoms with van der Waals surface area (Å²) in [6.45, 7) is 10.5. The fourth-order valence-corrected chi connectivity index (χ4v) is 4.96. The molecule has 4 rings (SSSR count). The third-order valence-electron chi connectivity index (χ3n) is 7.00. The molecule has 0 aromatic heterocycles. The summed E-state index contributed by atoms with van der Waals surface area (Å²) in [5, 5.41) is 10.2. The molecule has 3 aromatic carbocycles. The van der Waals surface area contributed by atoms with Crippen molar-refractivity contribution in [2.45, 2.75) is 46.2 Å². The van der Waals surface area contributed by atoms with Crippen LogP contribution in [0, 0.1) is 6.92 Å². The molecule has 0 bridgehead atoms. The van der Waals surface area contributed by atoms with Gasteiger partial charge in [-0.15, -0.1) is 0 Å². The Labute approximate surface area is 209 Å². The van der Waals surface area contributed by atoms with Crippen LogP contribution in [0.2, 0.25) is 0 Å². The number of aromatic hydroxyl groups is 1. The van der Waals surface area contributed by atoms with E-state index < -0.39 is 0 Å². The zero-order valence-electron chi connectivity index (χ0n) is 21.2. The monoisotopic (exact) mass is 471 g/mol. The summed E-state index contributed by atoms with van der Waals surface area (Å²) in [5.74, 6) is 0.326. The standard InChI is InChI=1S/C30H37N3O2/c1-4-32(5-2)30(35)25-13-15-26(16-14-25)33(28-7-6-8-29(34)21-28)27-17-19-31(20-18-27)22-24-11-9-23(3)10-12-24/h6-16,21,27,34H,4-5,17-20,22H2,1-3H3. The lowest BCUT2D eigenvalue weighted by Crippen LogP contribution is -2.42. The normalized spacial score (nSPS) is 14.6. The zero-order chi connectivity index (χ0) is 24.8. The molecule has 0 radical (unpaired) electrons. The molecule has 0 atom stereocenters. The number of rotatable bonds is 8. The summed E-state index contributed by atoms with van der Waals surface area (Å²) >= 11 is 0. The first-order valence-corrected chi connectivity index (χ1v) is 12.7. The number of benzene rings is 3. The summed E-state index contributed by atoms with van der Waals surface area (Å²) < 4.78 is 0. The first kappa shape index (κ1) is 24.8. The third-order valence-corrected chi connectivity index (χ3v) is 7.00. The lowest BCUT2D eigenvalue weighted by molar-refractivity contribution is 0.0773. The van der Waals surface area contributed by atoms with Crippen LogP contribution in [0.3, 0.4) is 0 Å². The van der Waals surface area contributed by atoms with Gasteiger partial charge in [-0.2, -0.15) is 0 Å². The van der Waals surface area contributed by atoms with Crippen molar-refractivity contribution < 1.29 is 9.90 Å². The van der Waals surface area contributed by atoms with Crippen LogP contribution < -0.4 is 4.90 Å². The van der Waals surface area contributed by atoms with E-state index in [0.29, 0.717) is 24.7 Å². The molecule has 0 unspecified atom stereocenters. The van der Waals surface area contributed by atoms with Crippen LogP contribution in [-0.2, 0) is 6.54 Å². The smallest absolute Gasteiger partial charge is 0.253 e. The zero-order valence-corrected chi connectivity index (χ0v) is 21.2. The molecule has 1 aliphatic rings. The lowest BCUT2D eigenvalue weighted by atomic mass is 10.00. The number of hydrogen-bond acceptors (Lipinski definition) is 4. The van der Waals surface area contributed by atoms with Crippen LogP contribution in [0.1, 0.15) is 48.2 Å². The van der Waals surface area contributed by atoms with Gasteiger partial charge in [0.15, 0.2) is 0 Å². The average Bonchev–Trinajstić information content (AvgIpc) is 2.88. The van der Waals surface area contributed by atoms with Gasteiger partial charge in [-0.3, -0.25) is 9.69 Å². The van der Waals surface area contributed by atoms with Gasteiger partial charge in [-0.05, 0) is 75.6 Å². The molecule has 5 nitrogen and oxygen atoms in total. The van der Waals surface area contributed by atoms with Crippen LogP contribution in [0.25, 0.3) is 0 Å². The molecule has 0 aliphatic carbocycles. The van der Waals surface area contributed by atoms with Crippen LogP contribution in [0.4, 0.5) is 11.4 Å². The quantitative estimate of drug-likeness (QED) is 0.439. The van der Waals surface area contributed by atoms with Crippen molar-refractivity contribution in [2.75, 3.05) is 31.1 Å². The highest BCUT2D eigenvalue weighted by molar-refractivity contribution is 5.94. The van der Waals surface area contributed by atoms with E-state index in [2.05, 4.69) is 41.0 Å². The Bertz CT molecular complexity index is 1100. The predicted molar refractivity (Wildman–Crippen MR) is 143 cm³/mol. The van der Waals surface area contributed by atoms with Crippen molar-refractivity contribution in [3.8, 4) is 5.75 Å². The minimum Gasteiger partial charge on any atom is -0.508 e. The molecular weight excluding hydrogens is 434 g/mol. The highest BCUT2D eigenvalue weighted by Gasteiger charge is 2.27. The Morgan fingerprint density at radius 3 is 2.17 bits per heavy atom. The van der Waals surface area contributed by atoms with Crippen LogP contribution >= 0.6 is 0 Å². The molecular formula is C30H37N3O2. The summed E-state index contributed by atoms with van der Waals surface area (Å²) in [4.78, 5) is 19.5. The Kier molecular flexibility index (Phi) is 8.09. The number of phenolic OH excluding ortho intramolecular Hbond substituents is 1. The molecule has 0 saturated carbocycles. The van der Waals surface area contributed by atoms with Gasteiger partial charge in [0.1, 0.15) is 5.75 Å². The fraction of sp³-hybridized carbons (Fsp3) is 0.367. The lowest BCUT2D eigenvalue weighted by Gasteiger charge is -2.40. The van der Waals surface area contributed by atoms with Crippen molar-refractivity contribution >= 4 is 17.3 Å². The largest absolute Gasteiger partial charge is 0.508 e. The second kappa shape index (κ2) is 11.4. The number of carbonyl (C=O) groups is 1. The molecule has 184 valence electrons. The van der Waals surface area contributed by atoms with E-state index in [1.807, 2.05) is 61.2 Å². The molecule has 3 aromatic rings. The molecule has 1 amide bonds. The summed E-state index contributed by atoms with van der Waals surface area (Å²) in [6.07, 6.45) is 2.06. The van der Waals surface area contributed by atoms with E-state index in [1.165, 1.54) is 11.1 Å². The highest BCUT2D eigenvalue weighted by Crippen LogP contribution is 2.34. The van der Waals surface area contributed by atoms with E-state index in [4.69, 9.17) is 0 Å². The van der Waals surface area contributed by atoms with Gasteiger partial charge in [-0.1, -0.05) is 35.9 Å². The van der Waals surface area contributed by atoms with Crippen molar-refractivity contribution in [3.05, 3.63) is 89.5 Å². The van der Waals surface area contributed by atoms with Gasteiger partial charge in [0.05, 0.1) is 0 Å². The number of carbonyl (C=O) groups excluding carboxylic acids is 1. The number of aryl methyl sites for hydroxylation is 1. The molecule has 0 spiro atoms. The molecule has 1 saturated heterocycles. The number of hydrogen-bond donors (Lipinski definition) is 1. The van der Waals surface area contributed by atoms with Crippen molar-refractivity contribution in [1.29, 1.82) is 0 Å². The number of piperidine rings is 1. The van der Waals surface area contributed by atoms with Crippen LogP contribution in [0.15, 0.2) is 72.8 Å². The minimum absolute atomic E-state index is 0.0647. The molecule has 5 heteroatoms. The second-order valence-electron chi connectivity index (χ2n) is 9.41. The van der Waals surface area contributed by atoms with E-state index in [1.54, 1.807) is 6.07 Å². The van der Waals surface area contributed by atoms with Gasteiger partial charge >= 0.3 is 0 Å². The number of likely N-dealkylation sites (tertiary alicyclic amines) is 1. The average molecular weight is 472 g/mol. The third kappa shape index (κ3) is 6.04. The van der Waals surface area contributed by atoms with Crippen molar-refractivity contribution in [3.63, 3.8) is 0 Å². The second-order valence-corrected chi connectivity index (χ2v) is 9.41. The maximum absolute atomic E-state index is 12.8.